The second-order valence-corrected chi connectivity index (χ2v) is 7.01. The van der Waals surface area contributed by atoms with Crippen LogP contribution in [0, 0.1) is 5.41 Å². The van der Waals surface area contributed by atoms with E-state index in [1.165, 1.54) is 0 Å². The van der Waals surface area contributed by atoms with E-state index in [0.717, 1.165) is 5.56 Å². The van der Waals surface area contributed by atoms with Crippen LogP contribution in [0.3, 0.4) is 0 Å². The third kappa shape index (κ3) is 3.70. The Bertz CT molecular complexity index is 725. The summed E-state index contributed by atoms with van der Waals surface area (Å²) in [4.78, 5) is 12.5. The van der Waals surface area contributed by atoms with Crippen molar-refractivity contribution >= 4 is 5.91 Å². The third-order valence-corrected chi connectivity index (χ3v) is 4.09. The van der Waals surface area contributed by atoms with Crippen LogP contribution < -0.4 is 14.8 Å². The lowest BCUT2D eigenvalue weighted by atomic mass is 9.97. The summed E-state index contributed by atoms with van der Waals surface area (Å²) in [6.07, 6.45) is 0. The normalized spacial score (nSPS) is 16.8. The van der Waals surface area contributed by atoms with E-state index in [4.69, 9.17) is 9.47 Å². The van der Waals surface area contributed by atoms with Crippen molar-refractivity contribution in [2.45, 2.75) is 26.8 Å². The summed E-state index contributed by atoms with van der Waals surface area (Å²) in [5.74, 6) is 1.19. The van der Waals surface area contributed by atoms with Crippen molar-refractivity contribution < 1.29 is 14.3 Å². The molecule has 0 saturated heterocycles. The summed E-state index contributed by atoms with van der Waals surface area (Å²) >= 11 is 0. The van der Waals surface area contributed by atoms with Crippen molar-refractivity contribution in [2.75, 3.05) is 13.2 Å². The van der Waals surface area contributed by atoms with E-state index in [0.29, 0.717) is 30.3 Å². The van der Waals surface area contributed by atoms with Gasteiger partial charge in [0, 0.05) is 11.0 Å². The average Bonchev–Trinajstić information content (AvgIpc) is 2.74. The summed E-state index contributed by atoms with van der Waals surface area (Å²) < 4.78 is 11.6. The van der Waals surface area contributed by atoms with E-state index < -0.39 is 0 Å². The van der Waals surface area contributed by atoms with Crippen LogP contribution >= 0.6 is 0 Å². The lowest BCUT2D eigenvalue weighted by molar-refractivity contribution is 0.0939. The second-order valence-electron chi connectivity index (χ2n) is 7.01. The fourth-order valence-corrected chi connectivity index (χ4v) is 2.57. The lowest BCUT2D eigenvalue weighted by Gasteiger charge is -2.19. The second kappa shape index (κ2) is 6.56. The maximum absolute atomic E-state index is 12.5. The van der Waals surface area contributed by atoms with E-state index in [2.05, 4.69) is 19.2 Å². The molecule has 0 unspecified atom stereocenters. The number of rotatable bonds is 3. The number of benzene rings is 2. The molecule has 24 heavy (non-hydrogen) atoms. The fourth-order valence-electron chi connectivity index (χ4n) is 2.57. The van der Waals surface area contributed by atoms with E-state index in [9.17, 15) is 4.79 Å². The monoisotopic (exact) mass is 325 g/mol. The van der Waals surface area contributed by atoms with Crippen LogP contribution in [-0.2, 0) is 0 Å². The maximum Gasteiger partial charge on any atom is 0.251 e. The minimum atomic E-state index is -0.124. The van der Waals surface area contributed by atoms with Gasteiger partial charge in [0.2, 0.25) is 0 Å². The van der Waals surface area contributed by atoms with Gasteiger partial charge in [-0.15, -0.1) is 0 Å². The number of hydrogen-bond donors (Lipinski definition) is 1. The van der Waals surface area contributed by atoms with Crippen molar-refractivity contribution in [3.63, 3.8) is 0 Å². The number of carbonyl (C=O) groups is 1. The molecule has 0 radical (unpaired) electrons. The Balaban J connectivity index is 1.74. The van der Waals surface area contributed by atoms with Crippen LogP contribution in [0.15, 0.2) is 48.5 Å². The van der Waals surface area contributed by atoms with Crippen molar-refractivity contribution in [1.82, 2.24) is 5.32 Å². The van der Waals surface area contributed by atoms with Gasteiger partial charge in [-0.05, 0) is 30.7 Å². The first kappa shape index (κ1) is 16.4. The minimum absolute atomic E-state index is 0.0523. The van der Waals surface area contributed by atoms with Crippen LogP contribution in [-0.4, -0.2) is 19.1 Å². The lowest BCUT2D eigenvalue weighted by Crippen LogP contribution is -2.26. The molecule has 4 heteroatoms. The number of hydrogen-bond acceptors (Lipinski definition) is 3. The minimum Gasteiger partial charge on any atom is -0.489 e. The summed E-state index contributed by atoms with van der Waals surface area (Å²) in [6.45, 7) is 7.31. The first-order valence-corrected chi connectivity index (χ1v) is 8.20. The molecule has 1 atom stereocenters. The van der Waals surface area contributed by atoms with Gasteiger partial charge in [0.25, 0.3) is 5.91 Å². The van der Waals surface area contributed by atoms with Crippen LogP contribution in [0.4, 0.5) is 0 Å². The van der Waals surface area contributed by atoms with Crippen LogP contribution in [0.25, 0.3) is 0 Å². The van der Waals surface area contributed by atoms with Gasteiger partial charge in [-0.1, -0.05) is 44.2 Å². The topological polar surface area (TPSA) is 47.6 Å². The van der Waals surface area contributed by atoms with E-state index in [1.807, 2.05) is 37.3 Å². The Labute approximate surface area is 142 Å². The predicted octanol–water partition coefficient (Wildman–Crippen LogP) is 3.98. The molecule has 1 aliphatic heterocycles. The highest BCUT2D eigenvalue weighted by Gasteiger charge is 2.25. The Morgan fingerprint density at radius 2 is 1.71 bits per heavy atom. The molecule has 3 rings (SSSR count). The molecule has 1 amide bonds. The highest BCUT2D eigenvalue weighted by atomic mass is 16.5. The molecule has 4 nitrogen and oxygen atoms in total. The predicted molar refractivity (Wildman–Crippen MR) is 93.5 cm³/mol. The van der Waals surface area contributed by atoms with Crippen molar-refractivity contribution in [3.05, 3.63) is 59.7 Å². The maximum atomic E-state index is 12.5. The van der Waals surface area contributed by atoms with Gasteiger partial charge in [-0.2, -0.15) is 0 Å². The van der Waals surface area contributed by atoms with E-state index >= 15 is 0 Å². The number of ether oxygens (including phenoxy) is 2. The molecule has 2 aromatic rings. The van der Waals surface area contributed by atoms with Gasteiger partial charge >= 0.3 is 0 Å². The molecule has 0 aromatic heterocycles. The van der Waals surface area contributed by atoms with Crippen molar-refractivity contribution in [1.29, 1.82) is 0 Å². The summed E-state index contributed by atoms with van der Waals surface area (Å²) in [6, 6.07) is 15.2. The first-order chi connectivity index (χ1) is 11.4. The average molecular weight is 325 g/mol. The van der Waals surface area contributed by atoms with Gasteiger partial charge in [0.05, 0.1) is 19.3 Å². The molecular weight excluding hydrogens is 302 g/mol. The fraction of sp³-hybridized carbons (Fsp3) is 0.350. The smallest absolute Gasteiger partial charge is 0.251 e. The van der Waals surface area contributed by atoms with E-state index in [1.54, 1.807) is 18.2 Å². The molecule has 2 aromatic carbocycles. The van der Waals surface area contributed by atoms with Gasteiger partial charge in [-0.25, -0.2) is 0 Å². The molecule has 1 aliphatic rings. The van der Waals surface area contributed by atoms with Crippen LogP contribution in [0.2, 0.25) is 0 Å². The molecular formula is C20H23NO3. The molecule has 1 heterocycles. The highest BCUT2D eigenvalue weighted by molar-refractivity contribution is 5.95. The molecule has 0 fully saturated rings. The molecule has 0 saturated carbocycles. The Morgan fingerprint density at radius 1 is 1.04 bits per heavy atom. The Kier molecular flexibility index (Phi) is 4.47. The number of carbonyl (C=O) groups excluding carboxylic acids is 1. The number of nitrogens with one attached hydrogen (secondary N) is 1. The molecule has 0 spiro atoms. The highest BCUT2D eigenvalue weighted by Crippen LogP contribution is 2.34. The zero-order valence-corrected chi connectivity index (χ0v) is 14.3. The summed E-state index contributed by atoms with van der Waals surface area (Å²) in [5.41, 5.74) is 1.59. The van der Waals surface area contributed by atoms with Crippen LogP contribution in [0.1, 0.15) is 42.7 Å². The van der Waals surface area contributed by atoms with Gasteiger partial charge in [0.1, 0.15) is 0 Å². The third-order valence-electron chi connectivity index (χ3n) is 4.09. The van der Waals surface area contributed by atoms with Crippen LogP contribution in [0.5, 0.6) is 11.5 Å². The number of amides is 1. The van der Waals surface area contributed by atoms with Gasteiger partial charge < -0.3 is 14.8 Å². The summed E-state index contributed by atoms with van der Waals surface area (Å²) in [5, 5.41) is 3.02. The van der Waals surface area contributed by atoms with E-state index in [-0.39, 0.29) is 17.4 Å². The molecule has 0 bridgehead atoms. The Hall–Kier alpha value is -2.49. The van der Waals surface area contributed by atoms with Crippen molar-refractivity contribution in [2.24, 2.45) is 5.41 Å². The molecule has 126 valence electrons. The SMILES string of the molecule is C[C@@H](NC(=O)c1ccc2c(c1)OCC(C)(C)CO2)c1ccccc1. The standard InChI is InChI=1S/C20H23NO3/c1-14(15-7-5-4-6-8-15)21-19(22)16-9-10-17-18(11-16)24-13-20(2,3)12-23-17/h4-11,14H,12-13H2,1-3H3,(H,21,22)/t14-/m1/s1. The zero-order valence-electron chi connectivity index (χ0n) is 14.3. The Morgan fingerprint density at radius 3 is 2.42 bits per heavy atom. The largest absolute Gasteiger partial charge is 0.489 e. The quantitative estimate of drug-likeness (QED) is 0.928. The van der Waals surface area contributed by atoms with Gasteiger partial charge in [0.15, 0.2) is 11.5 Å². The van der Waals surface area contributed by atoms with Crippen molar-refractivity contribution in [3.8, 4) is 11.5 Å². The van der Waals surface area contributed by atoms with Gasteiger partial charge in [-0.3, -0.25) is 4.79 Å². The first-order valence-electron chi connectivity index (χ1n) is 8.20. The zero-order chi connectivity index (χ0) is 17.2. The molecule has 1 N–H and O–H groups in total. The molecule has 0 aliphatic carbocycles. The number of fused-ring (bicyclic) bond motifs is 1. The summed E-state index contributed by atoms with van der Waals surface area (Å²) in [7, 11) is 0.